The molecule has 0 saturated heterocycles. The summed E-state index contributed by atoms with van der Waals surface area (Å²) in [6, 6.07) is 8.70. The fourth-order valence-corrected chi connectivity index (χ4v) is 2.87. The third-order valence-electron chi connectivity index (χ3n) is 4.16. The highest BCUT2D eigenvalue weighted by Gasteiger charge is 2.25. The summed E-state index contributed by atoms with van der Waals surface area (Å²) in [7, 11) is 1.50. The number of carbonyl (C=O) groups excluding carboxylic acids is 2. The zero-order valence-electron chi connectivity index (χ0n) is 13.7. The zero-order valence-corrected chi connectivity index (χ0v) is 13.7. The second-order valence-electron chi connectivity index (χ2n) is 5.84. The number of hydrogen-bond donors (Lipinski definition) is 3. The van der Waals surface area contributed by atoms with Gasteiger partial charge in [-0.1, -0.05) is 42.0 Å². The molecule has 2 rings (SSSR count). The Morgan fingerprint density at radius 2 is 2.00 bits per heavy atom. The summed E-state index contributed by atoms with van der Waals surface area (Å²) in [6.45, 7) is 0.840. The van der Waals surface area contributed by atoms with Gasteiger partial charge in [0.25, 0.3) is 5.91 Å². The van der Waals surface area contributed by atoms with Gasteiger partial charge in [0.05, 0.1) is 6.54 Å². The minimum absolute atomic E-state index is 0.284. The van der Waals surface area contributed by atoms with Crippen molar-refractivity contribution in [3.05, 3.63) is 47.5 Å². The van der Waals surface area contributed by atoms with Crippen LogP contribution in [0.4, 0.5) is 4.79 Å². The third-order valence-corrected chi connectivity index (χ3v) is 4.16. The number of urea groups is 1. The summed E-state index contributed by atoms with van der Waals surface area (Å²) in [6.07, 6.45) is 8.23. The Labute approximate surface area is 137 Å². The van der Waals surface area contributed by atoms with Gasteiger partial charge in [-0.15, -0.1) is 0 Å². The normalized spacial score (nSPS) is 15.4. The van der Waals surface area contributed by atoms with Crippen molar-refractivity contribution in [2.45, 2.75) is 38.1 Å². The fourth-order valence-electron chi connectivity index (χ4n) is 2.87. The summed E-state index contributed by atoms with van der Waals surface area (Å²) in [5.74, 6) is -0.284. The lowest BCUT2D eigenvalue weighted by molar-refractivity contribution is -0.682. The zero-order chi connectivity index (χ0) is 16.5. The van der Waals surface area contributed by atoms with Crippen LogP contribution in [-0.4, -0.2) is 25.5 Å². The molecule has 0 spiro atoms. The molecule has 0 saturated carbocycles. The van der Waals surface area contributed by atoms with Crippen LogP contribution in [0.2, 0.25) is 0 Å². The van der Waals surface area contributed by atoms with Crippen LogP contribution < -0.4 is 16.0 Å². The monoisotopic (exact) mass is 316 g/mol. The van der Waals surface area contributed by atoms with E-state index in [1.54, 1.807) is 0 Å². The Bertz CT molecular complexity index is 555. The molecule has 124 valence electrons. The molecular weight excluding hydrogens is 290 g/mol. The van der Waals surface area contributed by atoms with Crippen LogP contribution in [0.5, 0.6) is 0 Å². The van der Waals surface area contributed by atoms with Crippen molar-refractivity contribution in [3.8, 4) is 0 Å². The van der Waals surface area contributed by atoms with E-state index in [4.69, 9.17) is 0 Å². The van der Waals surface area contributed by atoms with Gasteiger partial charge >= 0.3 is 6.03 Å². The molecule has 1 aliphatic rings. The molecule has 1 aromatic rings. The first kappa shape index (κ1) is 17.2. The largest absolute Gasteiger partial charge is 0.341 e. The number of nitrogens with one attached hydrogen (secondary N) is 2. The van der Waals surface area contributed by atoms with Crippen molar-refractivity contribution in [1.29, 1.82) is 0 Å². The van der Waals surface area contributed by atoms with Crippen molar-refractivity contribution in [3.63, 3.8) is 0 Å². The van der Waals surface area contributed by atoms with Crippen LogP contribution in [0, 0.1) is 0 Å². The highest BCUT2D eigenvalue weighted by Crippen LogP contribution is 2.19. The average Bonchev–Trinajstić information content (AvgIpc) is 2.60. The molecule has 5 heteroatoms. The lowest BCUT2D eigenvalue weighted by Crippen LogP contribution is -2.87. The molecule has 0 fully saturated rings. The molecule has 0 bridgehead atoms. The first-order valence-electron chi connectivity index (χ1n) is 8.29. The minimum atomic E-state index is -0.473. The first-order chi connectivity index (χ1) is 11.2. The smallest absolute Gasteiger partial charge is 0.321 e. The van der Waals surface area contributed by atoms with Crippen molar-refractivity contribution in [1.82, 2.24) is 10.6 Å². The van der Waals surface area contributed by atoms with E-state index in [-0.39, 0.29) is 5.91 Å². The summed E-state index contributed by atoms with van der Waals surface area (Å²) >= 11 is 0. The molecule has 0 heterocycles. The van der Waals surface area contributed by atoms with Gasteiger partial charge in [-0.05, 0) is 25.7 Å². The molecular formula is C18H26N3O2+. The van der Waals surface area contributed by atoms with Crippen LogP contribution in [0.1, 0.15) is 43.7 Å². The van der Waals surface area contributed by atoms with E-state index in [9.17, 15) is 9.59 Å². The van der Waals surface area contributed by atoms with Gasteiger partial charge in [0.1, 0.15) is 0 Å². The van der Waals surface area contributed by atoms with Crippen molar-refractivity contribution in [2.75, 3.05) is 13.6 Å². The van der Waals surface area contributed by atoms with Crippen molar-refractivity contribution >= 4 is 11.9 Å². The second kappa shape index (κ2) is 9.10. The number of quaternary nitrogens is 1. The summed E-state index contributed by atoms with van der Waals surface area (Å²) in [5, 5.41) is 6.81. The minimum Gasteiger partial charge on any atom is -0.341 e. The number of allylic oxidation sites excluding steroid dienone is 1. The molecule has 0 aromatic heterocycles. The second-order valence-corrected chi connectivity index (χ2v) is 5.84. The van der Waals surface area contributed by atoms with E-state index in [1.165, 1.54) is 38.3 Å². The van der Waals surface area contributed by atoms with Gasteiger partial charge in [-0.25, -0.2) is 4.79 Å². The molecule has 0 unspecified atom stereocenters. The SMILES string of the molecule is CNC(=O)NC(=O)[C@H]([NH2+]CCC1=CCCCC1)c1ccccc1. The quantitative estimate of drug-likeness (QED) is 0.698. The first-order valence-corrected chi connectivity index (χ1v) is 8.29. The van der Waals surface area contributed by atoms with Crippen LogP contribution in [-0.2, 0) is 4.79 Å². The number of nitrogens with two attached hydrogens (primary N) is 1. The molecule has 1 aromatic carbocycles. The summed E-state index contributed by atoms with van der Waals surface area (Å²) in [4.78, 5) is 23.8. The Kier molecular flexibility index (Phi) is 6.81. The Morgan fingerprint density at radius 1 is 1.22 bits per heavy atom. The predicted molar refractivity (Wildman–Crippen MR) is 89.7 cm³/mol. The molecule has 1 aliphatic carbocycles. The molecule has 0 aliphatic heterocycles. The van der Waals surface area contributed by atoms with Crippen LogP contribution in [0.25, 0.3) is 0 Å². The van der Waals surface area contributed by atoms with Crippen molar-refractivity contribution in [2.24, 2.45) is 0 Å². The Balaban J connectivity index is 1.97. The molecule has 5 nitrogen and oxygen atoms in total. The van der Waals surface area contributed by atoms with E-state index in [1.807, 2.05) is 35.6 Å². The highest BCUT2D eigenvalue weighted by molar-refractivity contribution is 5.96. The molecule has 1 atom stereocenters. The van der Waals surface area contributed by atoms with Crippen LogP contribution >= 0.6 is 0 Å². The number of benzene rings is 1. The van der Waals surface area contributed by atoms with E-state index in [2.05, 4.69) is 16.7 Å². The molecule has 3 amide bonds. The van der Waals surface area contributed by atoms with Crippen LogP contribution in [0.3, 0.4) is 0 Å². The number of rotatable bonds is 6. The highest BCUT2D eigenvalue weighted by atomic mass is 16.2. The summed E-state index contributed by atoms with van der Waals surface area (Å²) < 4.78 is 0. The van der Waals surface area contributed by atoms with E-state index < -0.39 is 12.1 Å². The number of amides is 3. The number of imide groups is 1. The van der Waals surface area contributed by atoms with Gasteiger partial charge < -0.3 is 10.6 Å². The van der Waals surface area contributed by atoms with Gasteiger partial charge in [-0.3, -0.25) is 10.1 Å². The average molecular weight is 316 g/mol. The predicted octanol–water partition coefficient (Wildman–Crippen LogP) is 1.64. The van der Waals surface area contributed by atoms with Gasteiger partial charge in [0.2, 0.25) is 0 Å². The summed E-state index contributed by atoms with van der Waals surface area (Å²) in [5.41, 5.74) is 2.40. The van der Waals surface area contributed by atoms with Gasteiger partial charge in [0.15, 0.2) is 6.04 Å². The van der Waals surface area contributed by atoms with Crippen molar-refractivity contribution < 1.29 is 14.9 Å². The maximum atomic E-state index is 12.4. The molecule has 0 radical (unpaired) electrons. The van der Waals surface area contributed by atoms with E-state index in [0.29, 0.717) is 0 Å². The number of hydrogen-bond acceptors (Lipinski definition) is 2. The lowest BCUT2D eigenvalue weighted by Gasteiger charge is -2.17. The topological polar surface area (TPSA) is 74.8 Å². The lowest BCUT2D eigenvalue weighted by atomic mass is 9.97. The number of carbonyl (C=O) groups is 2. The van der Waals surface area contributed by atoms with E-state index >= 15 is 0 Å². The fraction of sp³-hybridized carbons (Fsp3) is 0.444. The third kappa shape index (κ3) is 5.53. The maximum absolute atomic E-state index is 12.4. The standard InChI is InChI=1S/C18H25N3O2/c1-19-18(23)21-17(22)16(15-10-6-3-7-11-15)20-13-12-14-8-4-2-5-9-14/h3,6-8,10-11,16,20H,2,4-5,9,12-13H2,1H3,(H2,19,21,22,23)/p+1/t16-/m1/s1. The Hall–Kier alpha value is -2.14. The maximum Gasteiger partial charge on any atom is 0.321 e. The van der Waals surface area contributed by atoms with E-state index in [0.717, 1.165) is 18.5 Å². The van der Waals surface area contributed by atoms with Gasteiger partial charge in [-0.2, -0.15) is 0 Å². The van der Waals surface area contributed by atoms with Crippen LogP contribution in [0.15, 0.2) is 42.0 Å². The molecule has 23 heavy (non-hydrogen) atoms. The molecule has 4 N–H and O–H groups in total. The Morgan fingerprint density at radius 3 is 2.65 bits per heavy atom. The van der Waals surface area contributed by atoms with Gasteiger partial charge in [0, 0.05) is 19.0 Å².